The lowest BCUT2D eigenvalue weighted by Crippen LogP contribution is -2.41. The van der Waals surface area contributed by atoms with Gasteiger partial charge in [-0.1, -0.05) is 24.3 Å². The lowest BCUT2D eigenvalue weighted by molar-refractivity contribution is 0.00578. The fraction of sp³-hybridized carbons (Fsp3) is 0.462. The van der Waals surface area contributed by atoms with Gasteiger partial charge in [-0.3, -0.25) is 0 Å². The highest BCUT2D eigenvalue weighted by molar-refractivity contribution is 6.62. The van der Waals surface area contributed by atoms with E-state index in [1.807, 2.05) is 52.0 Å². The Kier molecular flexibility index (Phi) is 2.88. The smallest absolute Gasteiger partial charge is 0.399 e. The fourth-order valence-corrected chi connectivity index (χ4v) is 1.73. The molecule has 17 heavy (non-hydrogen) atoms. The first kappa shape index (κ1) is 12.3. The first-order chi connectivity index (χ1) is 7.86. The summed E-state index contributed by atoms with van der Waals surface area (Å²) in [7, 11) is -0.320. The number of nitrogens with one attached hydrogen (secondary N) is 1. The molecule has 4 heteroatoms. The molecule has 0 saturated carbocycles. The van der Waals surface area contributed by atoms with Crippen LogP contribution >= 0.6 is 0 Å². The molecule has 0 amide bonds. The highest BCUT2D eigenvalue weighted by Crippen LogP contribution is 2.36. The molecule has 0 atom stereocenters. The number of hydrogen-bond acceptors (Lipinski definition) is 3. The molecule has 3 nitrogen and oxygen atoms in total. The summed E-state index contributed by atoms with van der Waals surface area (Å²) in [5, 5.41) is 7.16. The van der Waals surface area contributed by atoms with Crippen LogP contribution in [0.25, 0.3) is 0 Å². The lowest BCUT2D eigenvalue weighted by Gasteiger charge is -2.32. The van der Waals surface area contributed by atoms with Gasteiger partial charge in [-0.15, -0.1) is 0 Å². The molecule has 0 radical (unpaired) electrons. The molecule has 1 aliphatic rings. The van der Waals surface area contributed by atoms with Gasteiger partial charge in [0.15, 0.2) is 0 Å². The van der Waals surface area contributed by atoms with E-state index in [2.05, 4.69) is 0 Å². The molecule has 1 aromatic rings. The Morgan fingerprint density at radius 3 is 1.88 bits per heavy atom. The molecule has 0 bridgehead atoms. The molecular weight excluding hydrogens is 213 g/mol. The first-order valence-corrected chi connectivity index (χ1v) is 5.82. The van der Waals surface area contributed by atoms with Gasteiger partial charge in [-0.2, -0.15) is 0 Å². The third-order valence-electron chi connectivity index (χ3n) is 3.63. The summed E-state index contributed by atoms with van der Waals surface area (Å²) in [5.74, 6) is 0. The monoisotopic (exact) mass is 231 g/mol. The minimum atomic E-state index is -0.320. The second kappa shape index (κ2) is 3.96. The van der Waals surface area contributed by atoms with Crippen LogP contribution in [-0.2, 0) is 9.31 Å². The van der Waals surface area contributed by atoms with Gasteiger partial charge in [-0.05, 0) is 38.7 Å². The van der Waals surface area contributed by atoms with Crippen molar-refractivity contribution in [1.82, 2.24) is 0 Å². The highest BCUT2D eigenvalue weighted by Gasteiger charge is 2.51. The van der Waals surface area contributed by atoms with Crippen LogP contribution in [0, 0.1) is 5.41 Å². The van der Waals surface area contributed by atoms with E-state index in [1.165, 1.54) is 6.21 Å². The predicted octanol–water partition coefficient (Wildman–Crippen LogP) is 1.98. The van der Waals surface area contributed by atoms with Crippen LogP contribution in [0.15, 0.2) is 24.3 Å². The van der Waals surface area contributed by atoms with Crippen molar-refractivity contribution < 1.29 is 9.31 Å². The van der Waals surface area contributed by atoms with E-state index in [-0.39, 0.29) is 18.3 Å². The van der Waals surface area contributed by atoms with Gasteiger partial charge < -0.3 is 14.7 Å². The van der Waals surface area contributed by atoms with Crippen LogP contribution in [0.4, 0.5) is 0 Å². The van der Waals surface area contributed by atoms with Crippen LogP contribution in [0.3, 0.4) is 0 Å². The molecule has 1 N–H and O–H groups in total. The van der Waals surface area contributed by atoms with Crippen molar-refractivity contribution in [3.05, 3.63) is 29.8 Å². The molecule has 90 valence electrons. The normalized spacial score (nSPS) is 21.5. The minimum Gasteiger partial charge on any atom is -0.399 e. The zero-order chi connectivity index (χ0) is 12.7. The Morgan fingerprint density at radius 1 is 1.00 bits per heavy atom. The van der Waals surface area contributed by atoms with Crippen molar-refractivity contribution in [2.45, 2.75) is 38.9 Å². The summed E-state index contributed by atoms with van der Waals surface area (Å²) >= 11 is 0. The molecule has 0 aliphatic carbocycles. The topological polar surface area (TPSA) is 42.3 Å². The van der Waals surface area contributed by atoms with Gasteiger partial charge in [0.05, 0.1) is 11.2 Å². The molecular formula is C13H18BNO2. The molecule has 1 aromatic carbocycles. The number of hydrogen-bond donors (Lipinski definition) is 1. The SMILES string of the molecule is CC1(C)OB(c2ccc(C=N)cc2)OC1(C)C. The lowest BCUT2D eigenvalue weighted by atomic mass is 9.79. The molecule has 0 aromatic heterocycles. The average molecular weight is 231 g/mol. The van der Waals surface area contributed by atoms with Crippen molar-refractivity contribution in [1.29, 1.82) is 5.41 Å². The number of rotatable bonds is 2. The van der Waals surface area contributed by atoms with Crippen molar-refractivity contribution in [2.75, 3.05) is 0 Å². The summed E-state index contributed by atoms with van der Waals surface area (Å²) in [6, 6.07) is 7.69. The molecule has 1 saturated heterocycles. The van der Waals surface area contributed by atoms with Crippen LogP contribution in [-0.4, -0.2) is 24.5 Å². The van der Waals surface area contributed by atoms with Crippen molar-refractivity contribution in [3.63, 3.8) is 0 Å². The van der Waals surface area contributed by atoms with Crippen LogP contribution < -0.4 is 5.46 Å². The summed E-state index contributed by atoms with van der Waals surface area (Å²) < 4.78 is 11.9. The quantitative estimate of drug-likeness (QED) is 0.624. The molecule has 1 aliphatic heterocycles. The van der Waals surface area contributed by atoms with Gasteiger partial charge in [0.1, 0.15) is 0 Å². The van der Waals surface area contributed by atoms with Crippen molar-refractivity contribution in [3.8, 4) is 0 Å². The molecule has 1 fully saturated rings. The van der Waals surface area contributed by atoms with Crippen LogP contribution in [0.2, 0.25) is 0 Å². The standard InChI is InChI=1S/C13H18BNO2/c1-12(2)13(3,4)17-14(16-12)11-7-5-10(9-15)6-8-11/h5-9,15H,1-4H3. The summed E-state index contributed by atoms with van der Waals surface area (Å²) in [5.41, 5.74) is 1.26. The Labute approximate surface area is 103 Å². The molecule has 1 heterocycles. The van der Waals surface area contributed by atoms with E-state index in [1.54, 1.807) is 0 Å². The largest absolute Gasteiger partial charge is 0.494 e. The minimum absolute atomic E-state index is 0.308. The third-order valence-corrected chi connectivity index (χ3v) is 3.63. The molecule has 0 spiro atoms. The first-order valence-electron chi connectivity index (χ1n) is 5.82. The Hall–Kier alpha value is -1.13. The Bertz CT molecular complexity index is 410. The van der Waals surface area contributed by atoms with Gasteiger partial charge in [-0.25, -0.2) is 0 Å². The predicted molar refractivity (Wildman–Crippen MR) is 70.0 cm³/mol. The number of benzene rings is 1. The molecule has 0 unspecified atom stereocenters. The van der Waals surface area contributed by atoms with Crippen LogP contribution in [0.5, 0.6) is 0 Å². The zero-order valence-electron chi connectivity index (χ0n) is 10.8. The van der Waals surface area contributed by atoms with Crippen molar-refractivity contribution >= 4 is 18.8 Å². The fourth-order valence-electron chi connectivity index (χ4n) is 1.73. The van der Waals surface area contributed by atoms with Crippen molar-refractivity contribution in [2.24, 2.45) is 0 Å². The maximum Gasteiger partial charge on any atom is 0.494 e. The maximum atomic E-state index is 7.16. The van der Waals surface area contributed by atoms with E-state index < -0.39 is 0 Å². The van der Waals surface area contributed by atoms with Gasteiger partial charge >= 0.3 is 7.12 Å². The van der Waals surface area contributed by atoms with Gasteiger partial charge in [0, 0.05) is 6.21 Å². The molecule has 2 rings (SSSR count). The highest BCUT2D eigenvalue weighted by atomic mass is 16.7. The second-order valence-electron chi connectivity index (χ2n) is 5.40. The summed E-state index contributed by atoms with van der Waals surface area (Å²) in [4.78, 5) is 0. The van der Waals surface area contributed by atoms with E-state index >= 15 is 0 Å². The van der Waals surface area contributed by atoms with E-state index in [0.717, 1.165) is 11.0 Å². The van der Waals surface area contributed by atoms with Crippen LogP contribution in [0.1, 0.15) is 33.3 Å². The third kappa shape index (κ3) is 2.15. The van der Waals surface area contributed by atoms with Gasteiger partial charge in [0.2, 0.25) is 0 Å². The van der Waals surface area contributed by atoms with E-state index in [0.29, 0.717) is 0 Å². The summed E-state index contributed by atoms with van der Waals surface area (Å²) in [6.07, 6.45) is 1.33. The van der Waals surface area contributed by atoms with Gasteiger partial charge in [0.25, 0.3) is 0 Å². The van der Waals surface area contributed by atoms with E-state index in [9.17, 15) is 0 Å². The second-order valence-corrected chi connectivity index (χ2v) is 5.40. The Balaban J connectivity index is 2.22. The van der Waals surface area contributed by atoms with E-state index in [4.69, 9.17) is 14.7 Å². The summed E-state index contributed by atoms with van der Waals surface area (Å²) in [6.45, 7) is 8.16. The average Bonchev–Trinajstić information content (AvgIpc) is 2.48. The zero-order valence-corrected chi connectivity index (χ0v) is 10.8. The Morgan fingerprint density at radius 2 is 1.47 bits per heavy atom. The maximum absolute atomic E-state index is 7.16.